The van der Waals surface area contributed by atoms with Crippen LogP contribution in [0.3, 0.4) is 0 Å². The van der Waals surface area contributed by atoms with E-state index in [1.54, 1.807) is 18.2 Å². The third-order valence-electron chi connectivity index (χ3n) is 3.95. The predicted octanol–water partition coefficient (Wildman–Crippen LogP) is 2.99. The van der Waals surface area contributed by atoms with Gasteiger partial charge >= 0.3 is 0 Å². The molecule has 1 aromatic heterocycles. The lowest BCUT2D eigenvalue weighted by Crippen LogP contribution is -2.26. The number of nitrogens with one attached hydrogen (secondary N) is 2. The number of aromatic nitrogens is 1. The smallest absolute Gasteiger partial charge is 0.268 e. The lowest BCUT2D eigenvalue weighted by atomic mass is 10.1. The van der Waals surface area contributed by atoms with Gasteiger partial charge in [-0.2, -0.15) is 0 Å². The number of rotatable bonds is 6. The molecule has 0 aliphatic rings. The van der Waals surface area contributed by atoms with Gasteiger partial charge in [0.1, 0.15) is 5.69 Å². The normalized spacial score (nSPS) is 10.8. The Hall–Kier alpha value is -2.92. The van der Waals surface area contributed by atoms with E-state index in [4.69, 9.17) is 4.74 Å². The van der Waals surface area contributed by atoms with Crippen molar-refractivity contribution in [1.82, 2.24) is 10.3 Å². The third-order valence-corrected chi connectivity index (χ3v) is 3.95. The molecule has 3 rings (SSSR count). The zero-order chi connectivity index (χ0) is 17.6. The van der Waals surface area contributed by atoms with Gasteiger partial charge in [-0.3, -0.25) is 9.59 Å². The van der Waals surface area contributed by atoms with E-state index in [9.17, 15) is 9.59 Å². The van der Waals surface area contributed by atoms with E-state index in [2.05, 4.69) is 10.3 Å². The van der Waals surface area contributed by atoms with Gasteiger partial charge in [-0.25, -0.2) is 0 Å². The van der Waals surface area contributed by atoms with E-state index in [-0.39, 0.29) is 17.2 Å². The summed E-state index contributed by atoms with van der Waals surface area (Å²) in [5.41, 5.74) is 2.08. The second kappa shape index (κ2) is 7.77. The van der Waals surface area contributed by atoms with Crippen LogP contribution in [0.15, 0.2) is 59.4 Å². The Bertz CT molecular complexity index is 930. The molecule has 5 heteroatoms. The summed E-state index contributed by atoms with van der Waals surface area (Å²) in [6.07, 6.45) is 0. The molecule has 0 radical (unpaired) electrons. The van der Waals surface area contributed by atoms with E-state index in [1.165, 1.54) is 0 Å². The maximum atomic E-state index is 12.3. The van der Waals surface area contributed by atoms with Gasteiger partial charge in [0.2, 0.25) is 0 Å². The first-order chi connectivity index (χ1) is 12.2. The summed E-state index contributed by atoms with van der Waals surface area (Å²) in [5.74, 6) is -0.304. The van der Waals surface area contributed by atoms with Gasteiger partial charge in [-0.05, 0) is 35.6 Å². The van der Waals surface area contributed by atoms with E-state index in [1.807, 2.05) is 43.3 Å². The highest BCUT2D eigenvalue weighted by atomic mass is 16.5. The fourth-order valence-electron chi connectivity index (χ4n) is 2.58. The Morgan fingerprint density at radius 3 is 2.56 bits per heavy atom. The molecule has 3 aromatic rings. The highest BCUT2D eigenvalue weighted by Crippen LogP contribution is 2.10. The highest BCUT2D eigenvalue weighted by Gasteiger charge is 2.09. The number of benzene rings is 2. The van der Waals surface area contributed by atoms with Gasteiger partial charge in [0, 0.05) is 18.5 Å². The first-order valence-electron chi connectivity index (χ1n) is 8.23. The number of aromatic amines is 1. The number of H-pyrrole nitrogens is 1. The van der Waals surface area contributed by atoms with Crippen LogP contribution in [0.4, 0.5) is 0 Å². The molecule has 0 fully saturated rings. The molecule has 0 bridgehead atoms. The standard InChI is InChI=1S/C20H20N2O3/c1-2-25-13-15-9-7-14(8-10-15)12-21-20(24)18-11-16-5-3-4-6-17(16)19(23)22-18/h3-11H,2,12-13H2,1H3,(H,21,24)(H,22,23). The number of carbonyl (C=O) groups excluding carboxylic acids is 1. The molecule has 2 N–H and O–H groups in total. The fourth-order valence-corrected chi connectivity index (χ4v) is 2.58. The zero-order valence-corrected chi connectivity index (χ0v) is 14.0. The molecule has 0 aliphatic heterocycles. The van der Waals surface area contributed by atoms with Crippen molar-refractivity contribution in [3.8, 4) is 0 Å². The second-order valence-electron chi connectivity index (χ2n) is 5.74. The Kier molecular flexibility index (Phi) is 5.26. The second-order valence-corrected chi connectivity index (χ2v) is 5.74. The van der Waals surface area contributed by atoms with Crippen molar-refractivity contribution in [2.24, 2.45) is 0 Å². The number of amides is 1. The summed E-state index contributed by atoms with van der Waals surface area (Å²) in [4.78, 5) is 27.0. The molecule has 0 unspecified atom stereocenters. The third kappa shape index (κ3) is 4.14. The van der Waals surface area contributed by atoms with E-state index < -0.39 is 0 Å². The lowest BCUT2D eigenvalue weighted by Gasteiger charge is -2.07. The van der Waals surface area contributed by atoms with E-state index >= 15 is 0 Å². The van der Waals surface area contributed by atoms with Crippen LogP contribution in [0.5, 0.6) is 0 Å². The van der Waals surface area contributed by atoms with Crippen LogP contribution in [0.25, 0.3) is 10.8 Å². The van der Waals surface area contributed by atoms with Crippen molar-refractivity contribution in [2.75, 3.05) is 6.61 Å². The number of pyridine rings is 1. The van der Waals surface area contributed by atoms with Crippen LogP contribution < -0.4 is 10.9 Å². The highest BCUT2D eigenvalue weighted by molar-refractivity contribution is 5.96. The van der Waals surface area contributed by atoms with Gasteiger partial charge < -0.3 is 15.0 Å². The van der Waals surface area contributed by atoms with Crippen molar-refractivity contribution in [1.29, 1.82) is 0 Å². The number of fused-ring (bicyclic) bond motifs is 1. The molecule has 0 saturated carbocycles. The van der Waals surface area contributed by atoms with Gasteiger partial charge in [-0.1, -0.05) is 42.5 Å². The van der Waals surface area contributed by atoms with Crippen molar-refractivity contribution in [2.45, 2.75) is 20.1 Å². The van der Waals surface area contributed by atoms with Gasteiger partial charge in [0.05, 0.1) is 6.61 Å². The van der Waals surface area contributed by atoms with Crippen molar-refractivity contribution < 1.29 is 9.53 Å². The maximum absolute atomic E-state index is 12.3. The molecule has 128 valence electrons. The summed E-state index contributed by atoms with van der Waals surface area (Å²) in [6, 6.07) is 16.8. The first kappa shape index (κ1) is 16.9. The van der Waals surface area contributed by atoms with E-state index in [0.29, 0.717) is 25.1 Å². The number of carbonyl (C=O) groups is 1. The largest absolute Gasteiger partial charge is 0.377 e. The van der Waals surface area contributed by atoms with Gasteiger partial charge in [0.25, 0.3) is 11.5 Å². The Morgan fingerprint density at radius 2 is 1.80 bits per heavy atom. The Labute approximate surface area is 145 Å². The Morgan fingerprint density at radius 1 is 1.08 bits per heavy atom. The van der Waals surface area contributed by atoms with Crippen LogP contribution in [0.1, 0.15) is 28.5 Å². The van der Waals surface area contributed by atoms with Crippen molar-refractivity contribution in [3.63, 3.8) is 0 Å². The zero-order valence-electron chi connectivity index (χ0n) is 14.0. The molecular weight excluding hydrogens is 316 g/mol. The minimum atomic E-state index is -0.304. The van der Waals surface area contributed by atoms with Crippen LogP contribution in [0.2, 0.25) is 0 Å². The molecule has 1 amide bonds. The predicted molar refractivity (Wildman–Crippen MR) is 97.5 cm³/mol. The Balaban J connectivity index is 1.67. The number of hydrogen-bond acceptors (Lipinski definition) is 3. The average Bonchev–Trinajstić information content (AvgIpc) is 2.65. The van der Waals surface area contributed by atoms with Gasteiger partial charge in [0.15, 0.2) is 0 Å². The average molecular weight is 336 g/mol. The minimum absolute atomic E-state index is 0.261. The minimum Gasteiger partial charge on any atom is -0.377 e. The summed E-state index contributed by atoms with van der Waals surface area (Å²) in [6.45, 7) is 3.62. The van der Waals surface area contributed by atoms with Gasteiger partial charge in [-0.15, -0.1) is 0 Å². The molecular formula is C20H20N2O3. The summed E-state index contributed by atoms with van der Waals surface area (Å²) < 4.78 is 5.36. The maximum Gasteiger partial charge on any atom is 0.268 e. The molecule has 0 spiro atoms. The fraction of sp³-hybridized carbons (Fsp3) is 0.200. The first-order valence-corrected chi connectivity index (χ1v) is 8.23. The molecule has 0 atom stereocenters. The van der Waals surface area contributed by atoms with Crippen LogP contribution in [-0.4, -0.2) is 17.5 Å². The van der Waals surface area contributed by atoms with Crippen molar-refractivity contribution >= 4 is 16.7 Å². The summed E-state index contributed by atoms with van der Waals surface area (Å²) in [5, 5.41) is 4.15. The molecule has 25 heavy (non-hydrogen) atoms. The monoisotopic (exact) mass is 336 g/mol. The summed E-state index contributed by atoms with van der Waals surface area (Å²) >= 11 is 0. The molecule has 0 saturated heterocycles. The molecule has 2 aromatic carbocycles. The van der Waals surface area contributed by atoms with Crippen molar-refractivity contribution in [3.05, 3.63) is 81.8 Å². The quantitative estimate of drug-likeness (QED) is 0.727. The van der Waals surface area contributed by atoms with Crippen LogP contribution >= 0.6 is 0 Å². The molecule has 0 aliphatic carbocycles. The number of hydrogen-bond donors (Lipinski definition) is 2. The van der Waals surface area contributed by atoms with Crippen LogP contribution in [0, 0.1) is 0 Å². The molecule has 1 heterocycles. The summed E-state index contributed by atoms with van der Waals surface area (Å²) in [7, 11) is 0. The number of ether oxygens (including phenoxy) is 1. The van der Waals surface area contributed by atoms with E-state index in [0.717, 1.165) is 16.5 Å². The SMILES string of the molecule is CCOCc1ccc(CNC(=O)c2cc3ccccc3c(=O)[nH]2)cc1. The lowest BCUT2D eigenvalue weighted by molar-refractivity contribution is 0.0946. The van der Waals surface area contributed by atoms with Crippen LogP contribution in [-0.2, 0) is 17.9 Å². The molecule has 5 nitrogen and oxygen atoms in total. The topological polar surface area (TPSA) is 71.2 Å².